The van der Waals surface area contributed by atoms with Gasteiger partial charge in [0.1, 0.15) is 60.5 Å². The van der Waals surface area contributed by atoms with Crippen LogP contribution in [-0.4, -0.2) is 32.3 Å². The van der Waals surface area contributed by atoms with Crippen molar-refractivity contribution in [3.8, 4) is 45.0 Å². The highest BCUT2D eigenvalue weighted by atomic mass is 28.3. The van der Waals surface area contributed by atoms with Gasteiger partial charge in [0.15, 0.2) is 22.8 Å². The first-order valence-corrected chi connectivity index (χ1v) is 56.6. The predicted octanol–water partition coefficient (Wildman–Crippen LogP) is 22.5. The van der Waals surface area contributed by atoms with E-state index in [1.54, 1.807) is 0 Å². The van der Waals surface area contributed by atoms with Crippen LogP contribution >= 0.6 is 0 Å². The normalized spacial score (nSPS) is 12.3. The van der Waals surface area contributed by atoms with Crippen molar-refractivity contribution in [1.29, 1.82) is 0 Å². The summed E-state index contributed by atoms with van der Waals surface area (Å²) >= 11 is 0. The van der Waals surface area contributed by atoms with Crippen LogP contribution < -0.4 is 59.8 Å². The zero-order chi connectivity index (χ0) is 92.0. The third kappa shape index (κ3) is 18.3. The molecule has 4 heterocycles. The number of benzene rings is 12. The van der Waals surface area contributed by atoms with Gasteiger partial charge >= 0.3 is 0 Å². The molecule has 123 heavy (non-hydrogen) atoms. The molecular weight excluding hydrogens is 1550 g/mol. The van der Waals surface area contributed by atoms with Crippen LogP contribution in [0.2, 0.25) is 52.4 Å². The second-order valence-corrected chi connectivity index (χ2v) is 54.7. The quantitative estimate of drug-likeness (QED) is 0.0677. The van der Waals surface area contributed by atoms with Crippen molar-refractivity contribution in [1.82, 2.24) is 0 Å². The molecule has 0 aliphatic carbocycles. The van der Waals surface area contributed by atoms with Crippen molar-refractivity contribution >= 4 is 117 Å². The van der Waals surface area contributed by atoms with Gasteiger partial charge in [-0.3, -0.25) is 0 Å². The molecule has 4 nitrogen and oxygen atoms in total. The first-order valence-electron chi connectivity index (χ1n) is 46.6. The summed E-state index contributed by atoms with van der Waals surface area (Å²) in [5.41, 5.74) is 27.2. The average Bonchev–Trinajstić information content (AvgIpc) is 0.754. The molecule has 16 aromatic rings. The second kappa shape index (κ2) is 36.9. The number of aromatic nitrogens is 4. The lowest BCUT2D eigenvalue weighted by Crippen LogP contribution is -2.52. The van der Waals surface area contributed by atoms with Gasteiger partial charge in [0.25, 0.3) is 0 Å². The zero-order valence-corrected chi connectivity index (χ0v) is 82.7. The highest BCUT2D eigenvalue weighted by Gasteiger charge is 2.34. The number of nitrogens with zero attached hydrogens (tertiary/aromatic N) is 4. The molecule has 0 bridgehead atoms. The molecule has 0 atom stereocenters. The fraction of sp³-hybridized carbons (Fsp3) is 0.270. The van der Waals surface area contributed by atoms with Crippen LogP contribution in [0.25, 0.3) is 88.1 Å². The van der Waals surface area contributed by atoms with Gasteiger partial charge in [-0.05, 0) is 187 Å². The highest BCUT2D eigenvalue weighted by Crippen LogP contribution is 2.37. The van der Waals surface area contributed by atoms with Crippen LogP contribution in [0.15, 0.2) is 279 Å². The highest BCUT2D eigenvalue weighted by molar-refractivity contribution is 7.02. The molecule has 0 N–H and O–H groups in total. The lowest BCUT2D eigenvalue weighted by molar-refractivity contribution is -0.665. The minimum absolute atomic E-state index is 0.478. The van der Waals surface area contributed by atoms with Gasteiger partial charge < -0.3 is 0 Å². The Balaban J connectivity index is 0.000000145. The minimum Gasteiger partial charge on any atom is -0.198 e. The Labute approximate surface area is 747 Å². The number of pyridine rings is 4. The molecule has 0 saturated carbocycles. The van der Waals surface area contributed by atoms with Crippen LogP contribution in [0.1, 0.15) is 124 Å². The van der Waals surface area contributed by atoms with Gasteiger partial charge in [0, 0.05) is 63.0 Å². The molecule has 0 radical (unpaired) electrons. The van der Waals surface area contributed by atoms with E-state index < -0.39 is 32.3 Å². The monoisotopic (exact) mass is 1690 g/mol. The van der Waals surface area contributed by atoms with Crippen LogP contribution in [-0.2, 0) is 47.5 Å². The molecular formula is C115H134N4Si4+4. The molecule has 8 heteroatoms. The summed E-state index contributed by atoms with van der Waals surface area (Å²) in [6, 6.07) is 96.3. The molecule has 0 amide bonds. The maximum atomic E-state index is 9.00. The van der Waals surface area contributed by atoms with E-state index in [1.165, 1.54) is 148 Å². The second-order valence-electron chi connectivity index (χ2n) is 37.1. The molecule has 0 aliphatic rings. The number of hydrogen-bond donors (Lipinski definition) is 0. The third-order valence-electron chi connectivity index (χ3n) is 27.4. The van der Waals surface area contributed by atoms with E-state index >= 15 is 0 Å². The Kier molecular flexibility index (Phi) is 25.3. The topological polar surface area (TPSA) is 15.5 Å². The largest absolute Gasteiger partial charge is 0.220 e. The van der Waals surface area contributed by atoms with Gasteiger partial charge in [-0.1, -0.05) is 340 Å². The molecule has 0 aliphatic heterocycles. The molecule has 0 unspecified atom stereocenters. The molecule has 12 aromatic carbocycles. The Morgan fingerprint density at radius 2 is 0.577 bits per heavy atom. The molecule has 0 spiro atoms. The summed E-state index contributed by atoms with van der Waals surface area (Å²) in [6.45, 7) is 51.9. The van der Waals surface area contributed by atoms with Crippen LogP contribution in [0.3, 0.4) is 0 Å². The smallest absolute Gasteiger partial charge is 0.198 e. The zero-order valence-electron chi connectivity index (χ0n) is 82.7. The Morgan fingerprint density at radius 3 is 0.894 bits per heavy atom. The van der Waals surface area contributed by atoms with Crippen molar-refractivity contribution < 1.29 is 23.8 Å². The first-order chi connectivity index (χ1) is 60.2. The van der Waals surface area contributed by atoms with E-state index in [0.717, 1.165) is 79.7 Å². The SMILES string of the molecule is [2H]c1c(C)[n+](C)c(-c2cc(C(C)C)ccc2C)c2ccc([Si](C)(C)c3ccccc3)cc12.[2H]c1c(C)[n+](C)c(-c2cc(C)cc(C)c2C)c2ccc([Si](C)(C)c3ccccc3)cc12.[2H]c1c(C)[n+](C)c(-c2cc(CC)cc(CC)c2C)c2ccc([Si](C)(C)c3ccccc3)cc12.[2H]c1c(C)[n+](C)c(-c2cc(CC)ccc2C)c2ccc([Si](C)(C)c3ccccc3)cc12. The van der Waals surface area contributed by atoms with E-state index in [2.05, 4.69) is 457 Å². The number of hydrogen-bond acceptors (Lipinski definition) is 0. The number of rotatable bonds is 16. The fourth-order valence-electron chi connectivity index (χ4n) is 18.2. The van der Waals surface area contributed by atoms with E-state index in [4.69, 9.17) is 5.48 Å². The van der Waals surface area contributed by atoms with Crippen molar-refractivity contribution in [2.45, 2.75) is 181 Å². The van der Waals surface area contributed by atoms with Crippen LogP contribution in [0, 0.1) is 69.2 Å². The molecule has 626 valence electrons. The molecule has 4 aromatic heterocycles. The van der Waals surface area contributed by atoms with Gasteiger partial charge in [0.05, 0.1) is 38.2 Å². The molecule has 0 fully saturated rings. The Morgan fingerprint density at radius 1 is 0.276 bits per heavy atom. The van der Waals surface area contributed by atoms with E-state index in [1.807, 2.05) is 0 Å². The van der Waals surface area contributed by atoms with Gasteiger partial charge in [-0.25, -0.2) is 0 Å². The van der Waals surface area contributed by atoms with Crippen LogP contribution in [0.5, 0.6) is 0 Å². The minimum atomic E-state index is -1.85. The summed E-state index contributed by atoms with van der Waals surface area (Å²) in [5, 5.41) is 20.1. The summed E-state index contributed by atoms with van der Waals surface area (Å²) in [5.74, 6) is 0.478. The van der Waals surface area contributed by atoms with Gasteiger partial charge in [0.2, 0.25) is 22.8 Å². The van der Waals surface area contributed by atoms with Crippen LogP contribution in [0.4, 0.5) is 0 Å². The van der Waals surface area contributed by atoms with Crippen molar-refractivity contribution in [2.75, 3.05) is 0 Å². The van der Waals surface area contributed by atoms with Crippen molar-refractivity contribution in [3.05, 3.63) is 357 Å². The summed E-state index contributed by atoms with van der Waals surface area (Å²) in [4.78, 5) is 0. The lowest BCUT2D eigenvalue weighted by atomic mass is 9.92. The number of aryl methyl sites for hydroxylation is 7. The first kappa shape index (κ1) is 84.4. The summed E-state index contributed by atoms with van der Waals surface area (Å²) < 4.78 is 44.6. The average molecular weight is 1690 g/mol. The summed E-state index contributed by atoms with van der Waals surface area (Å²) in [6.07, 6.45) is 3.08. The molecule has 0 saturated heterocycles. The molecule has 16 rings (SSSR count). The van der Waals surface area contributed by atoms with Crippen molar-refractivity contribution in [3.63, 3.8) is 0 Å². The fourth-order valence-corrected chi connectivity index (χ4v) is 27.7. The Bertz CT molecular complexity index is 6880. The lowest BCUT2D eigenvalue weighted by Gasteiger charge is -2.24. The summed E-state index contributed by atoms with van der Waals surface area (Å²) in [7, 11) is 1.01. The van der Waals surface area contributed by atoms with Gasteiger partial charge in [-0.15, -0.1) is 0 Å². The van der Waals surface area contributed by atoms with Gasteiger partial charge in [-0.2, -0.15) is 18.3 Å². The van der Waals surface area contributed by atoms with E-state index in [0.29, 0.717) is 30.1 Å². The maximum absolute atomic E-state index is 9.00. The third-order valence-corrected chi connectivity index (χ3v) is 41.5. The number of fused-ring (bicyclic) bond motifs is 4. The standard InChI is InChI=1S/C30H36NSi.C29H34NSi.2C28H32NSi/c1-8-23-18-24(9-2)22(4)29(19-23)30-28-16-15-27(20-25(28)17-21(3)31(30)5)32(6,7)26-13-11-10-12-14-26;1-20(2)23-14-13-21(3)28(19-23)29-27-16-15-26(18-24(27)17-22(4)30(29)5)31(6,7)25-11-9-8-10-12-25;1-19-15-20(2)22(4)27(16-19)28-26-14-13-25(18-23(26)17-21(3)29(28)5)30(6,7)24-11-9-8-10-12-24;1-7-22-14-13-20(2)27(18-22)28-26-16-15-25(19-23(26)17-21(3)29(28)4)30(5,6)24-11-9-8-10-12-24/h10-20H,8-9H2,1-7H3;8-20H,1-7H3;8-18H,1-7H3;8-19H,7H2,1-6H3/q4*+1/i4*17D. The van der Waals surface area contributed by atoms with E-state index in [-0.39, 0.29) is 0 Å². The van der Waals surface area contributed by atoms with E-state index in [9.17, 15) is 0 Å². The Hall–Kier alpha value is -10.9. The van der Waals surface area contributed by atoms with Crippen molar-refractivity contribution in [2.24, 2.45) is 28.2 Å². The predicted molar refractivity (Wildman–Crippen MR) is 545 cm³/mol. The maximum Gasteiger partial charge on any atom is 0.220 e.